The van der Waals surface area contributed by atoms with E-state index in [1.54, 1.807) is 34.9 Å². The maximum atomic E-state index is 12.8. The van der Waals surface area contributed by atoms with Gasteiger partial charge in [0.15, 0.2) is 11.5 Å². The summed E-state index contributed by atoms with van der Waals surface area (Å²) in [5.74, 6) is 1.29. The van der Waals surface area contributed by atoms with Crippen LogP contribution < -0.4 is 9.47 Å². The fourth-order valence-electron chi connectivity index (χ4n) is 2.86. The Hall–Kier alpha value is -2.24. The predicted octanol–water partition coefficient (Wildman–Crippen LogP) is 2.57. The van der Waals surface area contributed by atoms with Gasteiger partial charge in [-0.05, 0) is 38.0 Å². The number of ether oxygens (including phenoxy) is 2. The molecule has 0 unspecified atom stereocenters. The summed E-state index contributed by atoms with van der Waals surface area (Å²) < 4.78 is 11.3. The van der Waals surface area contributed by atoms with Gasteiger partial charge < -0.3 is 19.3 Å². The number of carbonyl (C=O) groups is 2. The van der Waals surface area contributed by atoms with Crippen molar-refractivity contribution in [1.29, 1.82) is 0 Å². The fourth-order valence-corrected chi connectivity index (χ4v) is 2.86. The zero-order valence-electron chi connectivity index (χ0n) is 15.4. The lowest BCUT2D eigenvalue weighted by molar-refractivity contribution is -0.128. The molecule has 1 aromatic carbocycles. The first-order chi connectivity index (χ1) is 12.1. The Balaban J connectivity index is 2.12. The number of hydrogen-bond acceptors (Lipinski definition) is 4. The minimum absolute atomic E-state index is 0.0339. The summed E-state index contributed by atoms with van der Waals surface area (Å²) in [4.78, 5) is 28.0. The van der Waals surface area contributed by atoms with Crippen molar-refractivity contribution in [2.75, 3.05) is 39.4 Å². The van der Waals surface area contributed by atoms with Crippen molar-refractivity contribution in [3.8, 4) is 11.5 Å². The van der Waals surface area contributed by atoms with Gasteiger partial charge in [-0.15, -0.1) is 0 Å². The van der Waals surface area contributed by atoms with Gasteiger partial charge in [0, 0.05) is 38.7 Å². The Morgan fingerprint density at radius 1 is 1.00 bits per heavy atom. The number of nitrogens with zero attached hydrogens (tertiary/aromatic N) is 2. The minimum atomic E-state index is -0.0339. The zero-order chi connectivity index (χ0) is 18.2. The van der Waals surface area contributed by atoms with Crippen molar-refractivity contribution in [1.82, 2.24) is 9.80 Å². The first-order valence-corrected chi connectivity index (χ1v) is 9.01. The molecule has 25 heavy (non-hydrogen) atoms. The summed E-state index contributed by atoms with van der Waals surface area (Å²) in [6, 6.07) is 5.33. The lowest BCUT2D eigenvalue weighted by Gasteiger charge is -2.22. The molecule has 1 fully saturated rings. The Labute approximate surface area is 149 Å². The van der Waals surface area contributed by atoms with Gasteiger partial charge >= 0.3 is 0 Å². The molecule has 138 valence electrons. The Morgan fingerprint density at radius 3 is 2.40 bits per heavy atom. The summed E-state index contributed by atoms with van der Waals surface area (Å²) >= 11 is 0. The Morgan fingerprint density at radius 2 is 1.72 bits per heavy atom. The third-order valence-electron chi connectivity index (χ3n) is 4.18. The second kappa shape index (κ2) is 9.30. The molecular weight excluding hydrogens is 320 g/mol. The number of amides is 2. The quantitative estimate of drug-likeness (QED) is 0.793. The summed E-state index contributed by atoms with van der Waals surface area (Å²) in [5.41, 5.74) is 0.587. The molecule has 1 heterocycles. The highest BCUT2D eigenvalue weighted by Gasteiger charge is 2.22. The summed E-state index contributed by atoms with van der Waals surface area (Å²) in [6.07, 6.45) is 1.70. The van der Waals surface area contributed by atoms with E-state index in [9.17, 15) is 9.59 Å². The van der Waals surface area contributed by atoms with Crippen LogP contribution in [0.2, 0.25) is 0 Å². The number of carbonyl (C=O) groups excluding carboxylic acids is 2. The van der Waals surface area contributed by atoms with Gasteiger partial charge in [0.1, 0.15) is 0 Å². The maximum absolute atomic E-state index is 12.8. The standard InChI is InChI=1S/C19H28N2O4/c1-4-13-25-17-8-7-16(14-18(17)24-5-2)19(23)21-10-6-9-20(11-12-21)15(3)22/h7-8,14H,4-6,9-13H2,1-3H3. The highest BCUT2D eigenvalue weighted by Crippen LogP contribution is 2.29. The average molecular weight is 348 g/mol. The van der Waals surface area contributed by atoms with Crippen LogP contribution in [0.4, 0.5) is 0 Å². The SMILES string of the molecule is CCCOc1ccc(C(=O)N2CCCN(C(C)=O)CC2)cc1OCC. The monoisotopic (exact) mass is 348 g/mol. The summed E-state index contributed by atoms with van der Waals surface area (Å²) in [6.45, 7) is 9.13. The van der Waals surface area contributed by atoms with E-state index in [1.165, 1.54) is 0 Å². The molecule has 6 heteroatoms. The number of rotatable bonds is 6. The first kappa shape index (κ1) is 19.1. The van der Waals surface area contributed by atoms with E-state index in [0.717, 1.165) is 12.8 Å². The zero-order valence-corrected chi connectivity index (χ0v) is 15.4. The van der Waals surface area contributed by atoms with Gasteiger partial charge in [0.2, 0.25) is 5.91 Å². The van der Waals surface area contributed by atoms with Gasteiger partial charge in [-0.1, -0.05) is 6.92 Å². The molecule has 1 aliphatic heterocycles. The van der Waals surface area contributed by atoms with E-state index in [2.05, 4.69) is 0 Å². The largest absolute Gasteiger partial charge is 0.490 e. The number of hydrogen-bond donors (Lipinski definition) is 0. The summed E-state index contributed by atoms with van der Waals surface area (Å²) in [7, 11) is 0. The topological polar surface area (TPSA) is 59.1 Å². The van der Waals surface area contributed by atoms with E-state index in [4.69, 9.17) is 9.47 Å². The van der Waals surface area contributed by atoms with E-state index in [-0.39, 0.29) is 11.8 Å². The van der Waals surface area contributed by atoms with E-state index in [0.29, 0.717) is 56.5 Å². The molecule has 6 nitrogen and oxygen atoms in total. The lowest BCUT2D eigenvalue weighted by atomic mass is 10.1. The second-order valence-corrected chi connectivity index (χ2v) is 6.09. The van der Waals surface area contributed by atoms with Crippen LogP contribution in [-0.4, -0.2) is 61.0 Å². The van der Waals surface area contributed by atoms with Gasteiger partial charge in [0.25, 0.3) is 5.91 Å². The third kappa shape index (κ3) is 5.11. The smallest absolute Gasteiger partial charge is 0.254 e. The molecule has 0 N–H and O–H groups in total. The normalized spacial score (nSPS) is 14.8. The highest BCUT2D eigenvalue weighted by molar-refractivity contribution is 5.95. The molecule has 0 spiro atoms. The van der Waals surface area contributed by atoms with Crippen LogP contribution in [0.5, 0.6) is 11.5 Å². The maximum Gasteiger partial charge on any atom is 0.254 e. The first-order valence-electron chi connectivity index (χ1n) is 9.01. The van der Waals surface area contributed by atoms with E-state index in [1.807, 2.05) is 13.8 Å². The van der Waals surface area contributed by atoms with Crippen LogP contribution >= 0.6 is 0 Å². The molecule has 1 saturated heterocycles. The molecule has 0 aliphatic carbocycles. The van der Waals surface area contributed by atoms with Crippen LogP contribution in [0, 0.1) is 0 Å². The molecular formula is C19H28N2O4. The average Bonchev–Trinajstić information content (AvgIpc) is 2.86. The van der Waals surface area contributed by atoms with Crippen molar-refractivity contribution < 1.29 is 19.1 Å². The molecule has 0 aromatic heterocycles. The molecule has 0 bridgehead atoms. The molecule has 0 atom stereocenters. The van der Waals surface area contributed by atoms with Gasteiger partial charge in [-0.25, -0.2) is 0 Å². The predicted molar refractivity (Wildman–Crippen MR) is 96.2 cm³/mol. The molecule has 2 rings (SSSR count). The van der Waals surface area contributed by atoms with Gasteiger partial charge in [-0.2, -0.15) is 0 Å². The fraction of sp³-hybridized carbons (Fsp3) is 0.579. The molecule has 1 aromatic rings. The minimum Gasteiger partial charge on any atom is -0.490 e. The Bertz CT molecular complexity index is 603. The van der Waals surface area contributed by atoms with Crippen LogP contribution in [0.3, 0.4) is 0 Å². The van der Waals surface area contributed by atoms with Crippen LogP contribution in [0.25, 0.3) is 0 Å². The van der Waals surface area contributed by atoms with Crippen molar-refractivity contribution >= 4 is 11.8 Å². The Kier molecular flexibility index (Phi) is 7.10. The third-order valence-corrected chi connectivity index (χ3v) is 4.18. The lowest BCUT2D eigenvalue weighted by Crippen LogP contribution is -2.36. The van der Waals surface area contributed by atoms with Crippen molar-refractivity contribution in [2.24, 2.45) is 0 Å². The van der Waals surface area contributed by atoms with Crippen LogP contribution in [-0.2, 0) is 4.79 Å². The van der Waals surface area contributed by atoms with Crippen molar-refractivity contribution in [3.63, 3.8) is 0 Å². The van der Waals surface area contributed by atoms with Crippen LogP contribution in [0.1, 0.15) is 44.0 Å². The molecule has 2 amide bonds. The van der Waals surface area contributed by atoms with Gasteiger partial charge in [-0.3, -0.25) is 9.59 Å². The number of benzene rings is 1. The van der Waals surface area contributed by atoms with Crippen molar-refractivity contribution in [2.45, 2.75) is 33.6 Å². The van der Waals surface area contributed by atoms with Crippen LogP contribution in [0.15, 0.2) is 18.2 Å². The molecule has 1 aliphatic rings. The second-order valence-electron chi connectivity index (χ2n) is 6.09. The molecule has 0 radical (unpaired) electrons. The summed E-state index contributed by atoms with van der Waals surface area (Å²) in [5, 5.41) is 0. The van der Waals surface area contributed by atoms with Gasteiger partial charge in [0.05, 0.1) is 13.2 Å². The van der Waals surface area contributed by atoms with E-state index < -0.39 is 0 Å². The highest BCUT2D eigenvalue weighted by atomic mass is 16.5. The van der Waals surface area contributed by atoms with Crippen molar-refractivity contribution in [3.05, 3.63) is 23.8 Å². The van der Waals surface area contributed by atoms with E-state index >= 15 is 0 Å². The molecule has 0 saturated carbocycles.